The first kappa shape index (κ1) is 12.3. The van der Waals surface area contributed by atoms with Gasteiger partial charge in [-0.2, -0.15) is 0 Å². The Morgan fingerprint density at radius 1 is 1.50 bits per heavy atom. The van der Waals surface area contributed by atoms with Crippen LogP contribution in [0, 0.1) is 12.3 Å². The fourth-order valence-corrected chi connectivity index (χ4v) is 1.47. The van der Waals surface area contributed by atoms with Gasteiger partial charge >= 0.3 is 0 Å². The quantitative estimate of drug-likeness (QED) is 0.435. The molecule has 0 saturated heterocycles. The molecule has 1 heterocycles. The summed E-state index contributed by atoms with van der Waals surface area (Å²) in [6.07, 6.45) is 0. The summed E-state index contributed by atoms with van der Waals surface area (Å²) in [5.74, 6) is -0.403. The Morgan fingerprint density at radius 2 is 2.22 bits per heavy atom. The van der Waals surface area contributed by atoms with Crippen molar-refractivity contribution in [2.45, 2.75) is 6.92 Å². The van der Waals surface area contributed by atoms with Gasteiger partial charge in [-0.1, -0.05) is 11.6 Å². The van der Waals surface area contributed by atoms with E-state index in [1.807, 2.05) is 0 Å². The molecule has 7 nitrogen and oxygen atoms in total. The number of hydroxylamine groups is 1. The van der Waals surface area contributed by atoms with Crippen LogP contribution in [-0.2, 0) is 0 Å². The highest BCUT2D eigenvalue weighted by Gasteiger charge is 2.19. The number of nitrogens with two attached hydrogens (primary N) is 1. The lowest BCUT2D eigenvalue weighted by atomic mass is 10.2. The summed E-state index contributed by atoms with van der Waals surface area (Å²) < 4.78 is 4.37. The number of nitrogen functional groups attached to an aromatic ring is 1. The van der Waals surface area contributed by atoms with E-state index in [0.29, 0.717) is 15.8 Å². The molecule has 2 rings (SSSR count). The van der Waals surface area contributed by atoms with Crippen LogP contribution in [-0.4, -0.2) is 21.4 Å². The van der Waals surface area contributed by atoms with Gasteiger partial charge in [0, 0.05) is 5.02 Å². The van der Waals surface area contributed by atoms with Crippen LogP contribution in [0.2, 0.25) is 5.02 Å². The number of hydrogen-bond acceptors (Lipinski definition) is 6. The zero-order chi connectivity index (χ0) is 13.3. The first-order valence-corrected chi connectivity index (χ1v) is 5.30. The van der Waals surface area contributed by atoms with Crippen molar-refractivity contribution in [1.82, 2.24) is 10.3 Å². The lowest BCUT2D eigenvalue weighted by Gasteiger charge is -2.16. The molecule has 2 aromatic rings. The van der Waals surface area contributed by atoms with Gasteiger partial charge in [-0.15, -0.1) is 0 Å². The van der Waals surface area contributed by atoms with Crippen LogP contribution in [0.5, 0.6) is 0 Å². The van der Waals surface area contributed by atoms with Gasteiger partial charge in [0.1, 0.15) is 0 Å². The van der Waals surface area contributed by atoms with Crippen LogP contribution in [0.3, 0.4) is 0 Å². The van der Waals surface area contributed by atoms with E-state index in [1.165, 1.54) is 0 Å². The SMILES string of the molecule is Cc1cc(N(O)C(=N)c2nonc2N)ccc1Cl. The van der Waals surface area contributed by atoms with Crippen molar-refractivity contribution in [3.8, 4) is 0 Å². The molecule has 0 fully saturated rings. The molecule has 4 N–H and O–H groups in total. The molecule has 0 spiro atoms. The highest BCUT2D eigenvalue weighted by Crippen LogP contribution is 2.23. The molecule has 0 aliphatic carbocycles. The summed E-state index contributed by atoms with van der Waals surface area (Å²) in [5.41, 5.74) is 6.54. The van der Waals surface area contributed by atoms with Crippen molar-refractivity contribution in [1.29, 1.82) is 5.41 Å². The molecule has 18 heavy (non-hydrogen) atoms. The van der Waals surface area contributed by atoms with Crippen LogP contribution in [0.4, 0.5) is 11.5 Å². The third kappa shape index (κ3) is 2.13. The van der Waals surface area contributed by atoms with E-state index in [2.05, 4.69) is 14.9 Å². The second-order valence-electron chi connectivity index (χ2n) is 3.59. The number of benzene rings is 1. The van der Waals surface area contributed by atoms with Gasteiger partial charge in [-0.05, 0) is 41.0 Å². The van der Waals surface area contributed by atoms with Crippen molar-refractivity contribution in [2.75, 3.05) is 10.8 Å². The minimum absolute atomic E-state index is 0.0369. The van der Waals surface area contributed by atoms with Gasteiger partial charge in [0.2, 0.25) is 0 Å². The van der Waals surface area contributed by atoms with E-state index in [1.54, 1.807) is 25.1 Å². The summed E-state index contributed by atoms with van der Waals surface area (Å²) in [6.45, 7) is 1.79. The Morgan fingerprint density at radius 3 is 2.78 bits per heavy atom. The van der Waals surface area contributed by atoms with Crippen LogP contribution >= 0.6 is 11.6 Å². The number of hydrogen-bond donors (Lipinski definition) is 3. The highest BCUT2D eigenvalue weighted by molar-refractivity contribution is 6.31. The fraction of sp³-hybridized carbons (Fsp3) is 0.100. The molecular formula is C10H10ClN5O2. The number of aromatic nitrogens is 2. The third-order valence-electron chi connectivity index (χ3n) is 2.34. The maximum atomic E-state index is 9.90. The first-order valence-electron chi connectivity index (χ1n) is 4.93. The van der Waals surface area contributed by atoms with Gasteiger partial charge in [-0.3, -0.25) is 10.6 Å². The molecule has 1 aromatic carbocycles. The predicted octanol–water partition coefficient (Wildman–Crippen LogP) is 1.83. The zero-order valence-electron chi connectivity index (χ0n) is 9.38. The Hall–Kier alpha value is -2.12. The minimum atomic E-state index is -0.338. The van der Waals surface area contributed by atoms with E-state index in [-0.39, 0.29) is 17.3 Å². The highest BCUT2D eigenvalue weighted by atomic mass is 35.5. The van der Waals surface area contributed by atoms with Gasteiger partial charge in [0.05, 0.1) is 5.69 Å². The molecule has 0 aliphatic heterocycles. The van der Waals surface area contributed by atoms with E-state index in [4.69, 9.17) is 22.7 Å². The average Bonchev–Trinajstić information content (AvgIpc) is 2.77. The number of aryl methyl sites for hydroxylation is 1. The molecule has 8 heteroatoms. The van der Waals surface area contributed by atoms with Crippen molar-refractivity contribution in [3.63, 3.8) is 0 Å². The number of anilines is 2. The summed E-state index contributed by atoms with van der Waals surface area (Å²) in [7, 11) is 0. The average molecular weight is 268 g/mol. The van der Waals surface area contributed by atoms with Crippen molar-refractivity contribution in [2.24, 2.45) is 0 Å². The van der Waals surface area contributed by atoms with Crippen molar-refractivity contribution in [3.05, 3.63) is 34.5 Å². The molecule has 0 unspecified atom stereocenters. The molecular weight excluding hydrogens is 258 g/mol. The lowest BCUT2D eigenvalue weighted by molar-refractivity contribution is 0.300. The minimum Gasteiger partial charge on any atom is -0.379 e. The Kier molecular flexibility index (Phi) is 3.17. The maximum Gasteiger partial charge on any atom is 0.199 e. The Bertz CT molecular complexity index is 598. The van der Waals surface area contributed by atoms with Crippen LogP contribution in [0.15, 0.2) is 22.8 Å². The second kappa shape index (κ2) is 4.63. The van der Waals surface area contributed by atoms with Crippen LogP contribution in [0.25, 0.3) is 0 Å². The number of nitrogens with one attached hydrogen (secondary N) is 1. The van der Waals surface area contributed by atoms with E-state index in [0.717, 1.165) is 5.56 Å². The first-order chi connectivity index (χ1) is 8.50. The molecule has 0 bridgehead atoms. The number of amidine groups is 1. The summed E-state index contributed by atoms with van der Waals surface area (Å²) in [6, 6.07) is 4.81. The second-order valence-corrected chi connectivity index (χ2v) is 4.00. The third-order valence-corrected chi connectivity index (χ3v) is 2.76. The normalized spacial score (nSPS) is 10.4. The van der Waals surface area contributed by atoms with Gasteiger partial charge in [-0.25, -0.2) is 9.69 Å². The fourth-order valence-electron chi connectivity index (χ4n) is 1.35. The van der Waals surface area contributed by atoms with E-state index in [9.17, 15) is 5.21 Å². The molecule has 0 atom stereocenters. The molecule has 1 aromatic heterocycles. The van der Waals surface area contributed by atoms with Crippen molar-refractivity contribution >= 4 is 28.9 Å². The Labute approximate surface area is 107 Å². The monoisotopic (exact) mass is 267 g/mol. The summed E-state index contributed by atoms with van der Waals surface area (Å²) >= 11 is 5.88. The molecule has 0 amide bonds. The Balaban J connectivity index is 2.31. The van der Waals surface area contributed by atoms with E-state index < -0.39 is 0 Å². The number of nitrogens with zero attached hydrogens (tertiary/aromatic N) is 3. The molecule has 0 saturated carbocycles. The maximum absolute atomic E-state index is 9.90. The smallest absolute Gasteiger partial charge is 0.199 e. The van der Waals surface area contributed by atoms with Crippen LogP contribution in [0.1, 0.15) is 11.3 Å². The number of rotatable bonds is 2. The van der Waals surface area contributed by atoms with Gasteiger partial charge in [0.15, 0.2) is 17.3 Å². The van der Waals surface area contributed by atoms with Gasteiger partial charge in [0.25, 0.3) is 0 Å². The molecule has 94 valence electrons. The molecule has 0 aliphatic rings. The van der Waals surface area contributed by atoms with Gasteiger partial charge < -0.3 is 5.73 Å². The molecule has 0 radical (unpaired) electrons. The van der Waals surface area contributed by atoms with Crippen molar-refractivity contribution < 1.29 is 9.84 Å². The predicted molar refractivity (Wildman–Crippen MR) is 66.0 cm³/mol. The zero-order valence-corrected chi connectivity index (χ0v) is 10.1. The lowest BCUT2D eigenvalue weighted by Crippen LogP contribution is -2.28. The van der Waals surface area contributed by atoms with Crippen LogP contribution < -0.4 is 10.8 Å². The summed E-state index contributed by atoms with van der Waals surface area (Å²) in [4.78, 5) is 0. The topological polar surface area (TPSA) is 112 Å². The largest absolute Gasteiger partial charge is 0.379 e. The standard InChI is InChI=1S/C10H10ClN5O2/c1-5-4-6(2-3-7(5)11)16(17)10(13)8-9(12)15-18-14-8/h2-4,13,17H,1H3,(H2,12,15). The summed E-state index contributed by atoms with van der Waals surface area (Å²) in [5, 5.41) is 25.6. The van der Waals surface area contributed by atoms with E-state index >= 15 is 0 Å². The number of halogens is 1.